The van der Waals surface area contributed by atoms with Gasteiger partial charge in [0.05, 0.1) is 19.4 Å². The number of benzene rings is 1. The predicted molar refractivity (Wildman–Crippen MR) is 84.2 cm³/mol. The highest BCUT2D eigenvalue weighted by Gasteiger charge is 2.11. The molecule has 4 heteroatoms. The van der Waals surface area contributed by atoms with Gasteiger partial charge in [0, 0.05) is 11.6 Å². The third-order valence-electron chi connectivity index (χ3n) is 3.19. The van der Waals surface area contributed by atoms with Crippen LogP contribution in [-0.4, -0.2) is 13.4 Å². The van der Waals surface area contributed by atoms with Crippen molar-refractivity contribution < 1.29 is 9.15 Å². The van der Waals surface area contributed by atoms with E-state index in [1.165, 1.54) is 0 Å². The van der Waals surface area contributed by atoms with E-state index in [-0.39, 0.29) is 6.04 Å². The zero-order chi connectivity index (χ0) is 14.4. The highest BCUT2D eigenvalue weighted by molar-refractivity contribution is 7.97. The van der Waals surface area contributed by atoms with Crippen molar-refractivity contribution in [1.82, 2.24) is 5.32 Å². The molecule has 0 saturated carbocycles. The second-order valence-electron chi connectivity index (χ2n) is 4.65. The minimum Gasteiger partial charge on any atom is -0.496 e. The Morgan fingerprint density at radius 2 is 1.95 bits per heavy atom. The Balaban J connectivity index is 1.95. The van der Waals surface area contributed by atoms with Crippen LogP contribution in [0, 0.1) is 0 Å². The number of thioether (sulfide) groups is 1. The topological polar surface area (TPSA) is 34.4 Å². The van der Waals surface area contributed by atoms with E-state index >= 15 is 0 Å². The van der Waals surface area contributed by atoms with Crippen molar-refractivity contribution in [3.8, 4) is 5.75 Å². The van der Waals surface area contributed by atoms with E-state index in [9.17, 15) is 0 Å². The van der Waals surface area contributed by atoms with Gasteiger partial charge in [-0.25, -0.2) is 0 Å². The first-order valence-electron chi connectivity index (χ1n) is 6.67. The maximum Gasteiger partial charge on any atom is 0.123 e. The van der Waals surface area contributed by atoms with Gasteiger partial charge in [-0.3, -0.25) is 0 Å². The summed E-state index contributed by atoms with van der Waals surface area (Å²) >= 11 is 1.76. The van der Waals surface area contributed by atoms with Crippen LogP contribution in [0.3, 0.4) is 0 Å². The Bertz CT molecular complexity index is 539. The Morgan fingerprint density at radius 3 is 2.70 bits per heavy atom. The minimum atomic E-state index is 0.209. The van der Waals surface area contributed by atoms with Crippen LogP contribution in [0.25, 0.3) is 0 Å². The predicted octanol–water partition coefficient (Wildman–Crippen LogP) is 4.00. The highest BCUT2D eigenvalue weighted by atomic mass is 32.2. The van der Waals surface area contributed by atoms with Crippen molar-refractivity contribution in [2.75, 3.05) is 13.4 Å². The fourth-order valence-electron chi connectivity index (χ4n) is 2.12. The summed E-state index contributed by atoms with van der Waals surface area (Å²) in [6.07, 6.45) is 2.07. The van der Waals surface area contributed by atoms with E-state index in [1.54, 1.807) is 18.9 Å². The smallest absolute Gasteiger partial charge is 0.123 e. The van der Waals surface area contributed by atoms with Gasteiger partial charge < -0.3 is 14.5 Å². The molecule has 0 spiro atoms. The molecule has 0 radical (unpaired) electrons. The van der Waals surface area contributed by atoms with Gasteiger partial charge in [0.2, 0.25) is 0 Å². The Hall–Kier alpha value is -1.39. The lowest BCUT2D eigenvalue weighted by Crippen LogP contribution is -2.18. The van der Waals surface area contributed by atoms with Gasteiger partial charge in [0.15, 0.2) is 0 Å². The lowest BCUT2D eigenvalue weighted by Gasteiger charge is -2.16. The molecule has 0 saturated heterocycles. The van der Waals surface area contributed by atoms with Gasteiger partial charge in [0.1, 0.15) is 17.3 Å². The SMILES string of the molecule is COc1ccccc1[C@H](C)NCc1ccc(CSC)o1. The maximum absolute atomic E-state index is 5.75. The number of rotatable bonds is 7. The van der Waals surface area contributed by atoms with Crippen molar-refractivity contribution in [3.63, 3.8) is 0 Å². The lowest BCUT2D eigenvalue weighted by molar-refractivity contribution is 0.396. The summed E-state index contributed by atoms with van der Waals surface area (Å²) < 4.78 is 11.1. The fourth-order valence-corrected chi connectivity index (χ4v) is 2.56. The molecular weight excluding hydrogens is 270 g/mol. The van der Waals surface area contributed by atoms with Crippen molar-refractivity contribution >= 4 is 11.8 Å². The van der Waals surface area contributed by atoms with E-state index in [0.717, 1.165) is 28.6 Å². The molecule has 0 bridgehead atoms. The van der Waals surface area contributed by atoms with E-state index in [0.29, 0.717) is 6.54 Å². The molecule has 1 atom stereocenters. The molecule has 1 aromatic carbocycles. The second-order valence-corrected chi connectivity index (χ2v) is 5.51. The number of ether oxygens (including phenoxy) is 1. The van der Waals surface area contributed by atoms with Crippen LogP contribution >= 0.6 is 11.8 Å². The van der Waals surface area contributed by atoms with Crippen molar-refractivity contribution in [2.45, 2.75) is 25.3 Å². The first-order chi connectivity index (χ1) is 9.74. The van der Waals surface area contributed by atoms with Crippen LogP contribution in [0.4, 0.5) is 0 Å². The third kappa shape index (κ3) is 3.81. The van der Waals surface area contributed by atoms with Gasteiger partial charge in [-0.1, -0.05) is 18.2 Å². The molecule has 0 aliphatic heterocycles. The normalized spacial score (nSPS) is 12.3. The summed E-state index contributed by atoms with van der Waals surface area (Å²) in [6.45, 7) is 2.84. The number of furan rings is 1. The summed E-state index contributed by atoms with van der Waals surface area (Å²) in [7, 11) is 1.70. The Morgan fingerprint density at radius 1 is 1.20 bits per heavy atom. The molecule has 0 aliphatic rings. The monoisotopic (exact) mass is 291 g/mol. The number of nitrogens with one attached hydrogen (secondary N) is 1. The van der Waals surface area contributed by atoms with Gasteiger partial charge in [-0.05, 0) is 31.4 Å². The molecule has 1 aromatic heterocycles. The third-order valence-corrected chi connectivity index (χ3v) is 3.77. The molecule has 108 valence electrons. The van der Waals surface area contributed by atoms with Crippen LogP contribution < -0.4 is 10.1 Å². The molecule has 0 aliphatic carbocycles. The fraction of sp³-hybridized carbons (Fsp3) is 0.375. The minimum absolute atomic E-state index is 0.209. The van der Waals surface area contributed by atoms with Crippen LogP contribution in [0.5, 0.6) is 5.75 Å². The van der Waals surface area contributed by atoms with E-state index in [2.05, 4.69) is 24.6 Å². The summed E-state index contributed by atoms with van der Waals surface area (Å²) in [4.78, 5) is 0. The van der Waals surface area contributed by atoms with E-state index in [4.69, 9.17) is 9.15 Å². The molecule has 20 heavy (non-hydrogen) atoms. The van der Waals surface area contributed by atoms with E-state index in [1.807, 2.05) is 30.3 Å². The average molecular weight is 291 g/mol. The average Bonchev–Trinajstić information content (AvgIpc) is 2.93. The first kappa shape index (κ1) is 15.0. The summed E-state index contributed by atoms with van der Waals surface area (Å²) in [5.74, 6) is 3.83. The lowest BCUT2D eigenvalue weighted by atomic mass is 10.1. The summed E-state index contributed by atoms with van der Waals surface area (Å²) in [6, 6.07) is 12.4. The van der Waals surface area contributed by atoms with Crippen LogP contribution in [0.2, 0.25) is 0 Å². The molecule has 3 nitrogen and oxygen atoms in total. The number of methoxy groups -OCH3 is 1. The maximum atomic E-state index is 5.75. The molecule has 1 heterocycles. The number of para-hydroxylation sites is 1. The van der Waals surface area contributed by atoms with E-state index < -0.39 is 0 Å². The van der Waals surface area contributed by atoms with Crippen molar-refractivity contribution in [1.29, 1.82) is 0 Å². The molecular formula is C16H21NO2S. The zero-order valence-electron chi connectivity index (χ0n) is 12.2. The van der Waals surface area contributed by atoms with Crippen LogP contribution in [-0.2, 0) is 12.3 Å². The number of hydrogen-bond donors (Lipinski definition) is 1. The van der Waals surface area contributed by atoms with Gasteiger partial charge in [-0.2, -0.15) is 11.8 Å². The number of hydrogen-bond acceptors (Lipinski definition) is 4. The van der Waals surface area contributed by atoms with Crippen LogP contribution in [0.1, 0.15) is 30.0 Å². The molecule has 0 unspecified atom stereocenters. The van der Waals surface area contributed by atoms with Crippen molar-refractivity contribution in [3.05, 3.63) is 53.5 Å². The largest absolute Gasteiger partial charge is 0.496 e. The van der Waals surface area contributed by atoms with Gasteiger partial charge >= 0.3 is 0 Å². The zero-order valence-corrected chi connectivity index (χ0v) is 13.0. The molecule has 1 N–H and O–H groups in total. The molecule has 2 rings (SSSR count). The van der Waals surface area contributed by atoms with Crippen molar-refractivity contribution in [2.24, 2.45) is 0 Å². The molecule has 0 fully saturated rings. The Labute approximate surface area is 124 Å². The summed E-state index contributed by atoms with van der Waals surface area (Å²) in [5.41, 5.74) is 1.16. The summed E-state index contributed by atoms with van der Waals surface area (Å²) in [5, 5.41) is 3.46. The molecule has 0 amide bonds. The van der Waals surface area contributed by atoms with Gasteiger partial charge in [0.25, 0.3) is 0 Å². The Kier molecular flexibility index (Phi) is 5.56. The highest BCUT2D eigenvalue weighted by Crippen LogP contribution is 2.24. The standard InChI is InChI=1S/C16H21NO2S/c1-12(15-6-4-5-7-16(15)18-2)17-10-13-8-9-14(19-13)11-20-3/h4-9,12,17H,10-11H2,1-3H3/t12-/m0/s1. The van der Waals surface area contributed by atoms with Crippen LogP contribution in [0.15, 0.2) is 40.8 Å². The second kappa shape index (κ2) is 7.41. The quantitative estimate of drug-likeness (QED) is 0.836. The first-order valence-corrected chi connectivity index (χ1v) is 8.06. The molecule has 2 aromatic rings. The van der Waals surface area contributed by atoms with Gasteiger partial charge in [-0.15, -0.1) is 0 Å².